The van der Waals surface area contributed by atoms with Gasteiger partial charge in [-0.25, -0.2) is 0 Å². The van der Waals surface area contributed by atoms with Crippen LogP contribution in [0.1, 0.15) is 80.2 Å². The molecule has 0 spiro atoms. The molecule has 1 nitrogen and oxygen atoms in total. The van der Waals surface area contributed by atoms with Gasteiger partial charge in [-0.05, 0) is 73.3 Å². The SMILES string of the molecule is C=C(C)CC(CO)c1ccc(CCc2ccc(CCCCC)c(CC)c2)cc1. The summed E-state index contributed by atoms with van der Waals surface area (Å²) in [5.41, 5.74) is 8.19. The van der Waals surface area contributed by atoms with E-state index in [1.807, 2.05) is 6.92 Å². The van der Waals surface area contributed by atoms with Crippen molar-refractivity contribution >= 4 is 0 Å². The van der Waals surface area contributed by atoms with E-state index in [1.165, 1.54) is 53.5 Å². The first-order valence-electron chi connectivity index (χ1n) is 11.0. The summed E-state index contributed by atoms with van der Waals surface area (Å²) >= 11 is 0. The molecule has 0 saturated heterocycles. The number of hydrogen-bond donors (Lipinski definition) is 1. The standard InChI is InChI=1S/C27H38O/c1-5-7-8-9-25-17-14-23(19-24(25)6-2)11-10-22-12-15-26(16-13-22)27(20-28)18-21(3)4/h12-17,19,27-28H,3,5-11,18,20H2,1-2,4H3. The molecule has 1 heteroatoms. The Morgan fingerprint density at radius 1 is 0.893 bits per heavy atom. The van der Waals surface area contributed by atoms with Gasteiger partial charge in [0, 0.05) is 5.92 Å². The molecule has 1 atom stereocenters. The molecule has 0 bridgehead atoms. The second-order valence-corrected chi connectivity index (χ2v) is 8.20. The zero-order valence-corrected chi connectivity index (χ0v) is 18.1. The fraction of sp³-hybridized carbons (Fsp3) is 0.481. The summed E-state index contributed by atoms with van der Waals surface area (Å²) in [5, 5.41) is 9.65. The minimum atomic E-state index is 0.166. The molecule has 0 radical (unpaired) electrons. The first-order valence-corrected chi connectivity index (χ1v) is 11.0. The molecule has 0 amide bonds. The molecule has 0 aliphatic heterocycles. The van der Waals surface area contributed by atoms with Gasteiger partial charge in [0.25, 0.3) is 0 Å². The lowest BCUT2D eigenvalue weighted by Gasteiger charge is -2.15. The predicted molar refractivity (Wildman–Crippen MR) is 122 cm³/mol. The number of benzene rings is 2. The van der Waals surface area contributed by atoms with Crippen LogP contribution in [0.4, 0.5) is 0 Å². The third kappa shape index (κ3) is 6.95. The molecular weight excluding hydrogens is 340 g/mol. The summed E-state index contributed by atoms with van der Waals surface area (Å²) in [5.74, 6) is 0.166. The zero-order valence-electron chi connectivity index (χ0n) is 18.1. The molecule has 0 heterocycles. The molecule has 2 aromatic carbocycles. The van der Waals surface area contributed by atoms with Crippen molar-refractivity contribution in [2.24, 2.45) is 0 Å². The van der Waals surface area contributed by atoms with E-state index in [0.717, 1.165) is 31.3 Å². The minimum absolute atomic E-state index is 0.166. The van der Waals surface area contributed by atoms with Crippen molar-refractivity contribution in [1.29, 1.82) is 0 Å². The van der Waals surface area contributed by atoms with Crippen LogP contribution in [0.15, 0.2) is 54.6 Å². The number of unbranched alkanes of at least 4 members (excludes halogenated alkanes) is 2. The molecular formula is C27H38O. The summed E-state index contributed by atoms with van der Waals surface area (Å²) < 4.78 is 0. The van der Waals surface area contributed by atoms with E-state index < -0.39 is 0 Å². The lowest BCUT2D eigenvalue weighted by molar-refractivity contribution is 0.264. The number of aliphatic hydroxyl groups is 1. The maximum atomic E-state index is 9.65. The van der Waals surface area contributed by atoms with Crippen LogP contribution in [-0.2, 0) is 25.7 Å². The molecule has 2 aromatic rings. The average Bonchev–Trinajstić information content (AvgIpc) is 2.71. The van der Waals surface area contributed by atoms with Crippen LogP contribution in [0.3, 0.4) is 0 Å². The van der Waals surface area contributed by atoms with E-state index in [0.29, 0.717) is 0 Å². The quantitative estimate of drug-likeness (QED) is 0.318. The van der Waals surface area contributed by atoms with Crippen molar-refractivity contribution in [3.8, 4) is 0 Å². The molecule has 0 aliphatic carbocycles. The Balaban J connectivity index is 1.96. The van der Waals surface area contributed by atoms with Crippen LogP contribution in [0, 0.1) is 0 Å². The van der Waals surface area contributed by atoms with E-state index in [9.17, 15) is 5.11 Å². The van der Waals surface area contributed by atoms with Gasteiger partial charge in [-0.3, -0.25) is 0 Å². The monoisotopic (exact) mass is 378 g/mol. The van der Waals surface area contributed by atoms with Crippen LogP contribution < -0.4 is 0 Å². The van der Waals surface area contributed by atoms with Gasteiger partial charge in [0.15, 0.2) is 0 Å². The highest BCUT2D eigenvalue weighted by Gasteiger charge is 2.10. The van der Waals surface area contributed by atoms with Gasteiger partial charge in [0.05, 0.1) is 6.61 Å². The number of rotatable bonds is 12. The minimum Gasteiger partial charge on any atom is -0.396 e. The Bertz CT molecular complexity index is 726. The maximum absolute atomic E-state index is 9.65. The van der Waals surface area contributed by atoms with Crippen LogP contribution in [0.2, 0.25) is 0 Å². The average molecular weight is 379 g/mol. The third-order valence-electron chi connectivity index (χ3n) is 5.67. The molecule has 2 rings (SSSR count). The first-order chi connectivity index (χ1) is 13.6. The maximum Gasteiger partial charge on any atom is 0.0502 e. The molecule has 1 N–H and O–H groups in total. The Hall–Kier alpha value is -1.86. The van der Waals surface area contributed by atoms with Gasteiger partial charge in [-0.15, -0.1) is 6.58 Å². The number of allylic oxidation sites excluding steroid dienone is 1. The normalized spacial score (nSPS) is 12.1. The van der Waals surface area contributed by atoms with Gasteiger partial charge in [0.2, 0.25) is 0 Å². The lowest BCUT2D eigenvalue weighted by atomic mass is 9.92. The molecule has 0 aromatic heterocycles. The Labute approximate surface area is 172 Å². The fourth-order valence-electron chi connectivity index (χ4n) is 3.93. The van der Waals surface area contributed by atoms with E-state index in [2.05, 4.69) is 62.9 Å². The number of aliphatic hydroxyl groups excluding tert-OH is 1. The molecule has 0 fully saturated rings. The second kappa shape index (κ2) is 11.9. The van der Waals surface area contributed by atoms with E-state index in [1.54, 1.807) is 0 Å². The summed E-state index contributed by atoms with van der Waals surface area (Å²) in [6.07, 6.45) is 9.23. The summed E-state index contributed by atoms with van der Waals surface area (Å²) in [7, 11) is 0. The van der Waals surface area contributed by atoms with Gasteiger partial charge >= 0.3 is 0 Å². The van der Waals surface area contributed by atoms with E-state index in [-0.39, 0.29) is 12.5 Å². The van der Waals surface area contributed by atoms with Crippen molar-refractivity contribution in [3.05, 3.63) is 82.4 Å². The Morgan fingerprint density at radius 2 is 1.57 bits per heavy atom. The van der Waals surface area contributed by atoms with Crippen LogP contribution in [0.25, 0.3) is 0 Å². The van der Waals surface area contributed by atoms with Crippen LogP contribution in [0.5, 0.6) is 0 Å². The highest BCUT2D eigenvalue weighted by Crippen LogP contribution is 2.23. The summed E-state index contributed by atoms with van der Waals surface area (Å²) in [6.45, 7) is 10.7. The van der Waals surface area contributed by atoms with E-state index >= 15 is 0 Å². The molecule has 1 unspecified atom stereocenters. The first kappa shape index (κ1) is 22.4. The predicted octanol–water partition coefficient (Wildman–Crippen LogP) is 6.81. The molecule has 0 saturated carbocycles. The lowest BCUT2D eigenvalue weighted by Crippen LogP contribution is -2.05. The smallest absolute Gasteiger partial charge is 0.0502 e. The summed E-state index contributed by atoms with van der Waals surface area (Å²) in [6, 6.07) is 15.9. The van der Waals surface area contributed by atoms with Crippen molar-refractivity contribution in [1.82, 2.24) is 0 Å². The van der Waals surface area contributed by atoms with Gasteiger partial charge in [-0.2, -0.15) is 0 Å². The highest BCUT2D eigenvalue weighted by atomic mass is 16.3. The largest absolute Gasteiger partial charge is 0.396 e. The van der Waals surface area contributed by atoms with Gasteiger partial charge < -0.3 is 5.11 Å². The van der Waals surface area contributed by atoms with Crippen molar-refractivity contribution in [2.75, 3.05) is 6.61 Å². The van der Waals surface area contributed by atoms with E-state index in [4.69, 9.17) is 0 Å². The Morgan fingerprint density at radius 3 is 2.18 bits per heavy atom. The van der Waals surface area contributed by atoms with Gasteiger partial charge in [0.1, 0.15) is 0 Å². The van der Waals surface area contributed by atoms with Crippen LogP contribution >= 0.6 is 0 Å². The Kier molecular flexibility index (Phi) is 9.50. The summed E-state index contributed by atoms with van der Waals surface area (Å²) in [4.78, 5) is 0. The molecule has 0 aliphatic rings. The number of hydrogen-bond acceptors (Lipinski definition) is 1. The third-order valence-corrected chi connectivity index (χ3v) is 5.67. The zero-order chi connectivity index (χ0) is 20.4. The second-order valence-electron chi connectivity index (χ2n) is 8.20. The fourth-order valence-corrected chi connectivity index (χ4v) is 3.93. The van der Waals surface area contributed by atoms with Gasteiger partial charge in [-0.1, -0.05) is 74.7 Å². The van der Waals surface area contributed by atoms with Crippen LogP contribution in [-0.4, -0.2) is 11.7 Å². The molecule has 28 heavy (non-hydrogen) atoms. The number of aryl methyl sites for hydroxylation is 4. The topological polar surface area (TPSA) is 20.2 Å². The van der Waals surface area contributed by atoms with Crippen molar-refractivity contribution in [3.63, 3.8) is 0 Å². The molecule has 152 valence electrons. The highest BCUT2D eigenvalue weighted by molar-refractivity contribution is 5.33. The van der Waals surface area contributed by atoms with Crippen molar-refractivity contribution in [2.45, 2.75) is 78.1 Å². The van der Waals surface area contributed by atoms with Crippen molar-refractivity contribution < 1.29 is 5.11 Å².